The van der Waals surface area contributed by atoms with Crippen LogP contribution in [-0.2, 0) is 0 Å². The van der Waals surface area contributed by atoms with Crippen LogP contribution in [0.5, 0.6) is 34.5 Å². The average molecular weight is 1050 g/mol. The maximum atomic E-state index is 6.48. The molecule has 0 unspecified atom stereocenters. The van der Waals surface area contributed by atoms with Crippen LogP contribution < -0.4 is 19.2 Å². The van der Waals surface area contributed by atoms with Gasteiger partial charge in [-0.3, -0.25) is 0 Å². The number of rotatable bonds is 12. The van der Waals surface area contributed by atoms with Gasteiger partial charge in [-0.1, -0.05) is 0 Å². The van der Waals surface area contributed by atoms with E-state index in [1.54, 1.807) is 37.2 Å². The molecule has 0 saturated heterocycles. The summed E-state index contributed by atoms with van der Waals surface area (Å²) in [6.07, 6.45) is 10.5. The SMILES string of the molecule is c1cnc2c([O][Ga]([O]c3cccc4cccnc34)[O]c3cccc4cccnc34)cccc2c1.c1cnc2c([O][In]([O]c3cccc4cccnc34)[O]c3cccc4cccnc34)cccc2c1. The second-order valence-corrected chi connectivity index (χ2v) is 21.6. The fourth-order valence-electron chi connectivity index (χ4n) is 7.79. The van der Waals surface area contributed by atoms with Crippen molar-refractivity contribution < 1.29 is 19.2 Å². The minimum atomic E-state index is -3.75. The molecule has 6 aromatic carbocycles. The summed E-state index contributed by atoms with van der Waals surface area (Å²) in [5.74, 6) is 3.80. The molecule has 12 nitrogen and oxygen atoms in total. The Morgan fingerprint density at radius 2 is 0.456 bits per heavy atom. The molecule has 0 aliphatic carbocycles. The van der Waals surface area contributed by atoms with E-state index in [1.807, 2.05) is 182 Å². The zero-order valence-corrected chi connectivity index (χ0v) is 41.8. The van der Waals surface area contributed by atoms with E-state index in [0.29, 0.717) is 34.5 Å². The van der Waals surface area contributed by atoms with Crippen LogP contribution >= 0.6 is 0 Å². The number of pyridine rings is 6. The van der Waals surface area contributed by atoms with E-state index in [4.69, 9.17) is 19.2 Å². The van der Waals surface area contributed by atoms with E-state index < -0.39 is 40.1 Å². The van der Waals surface area contributed by atoms with Gasteiger partial charge in [0.05, 0.1) is 0 Å². The van der Waals surface area contributed by atoms with Gasteiger partial charge < -0.3 is 0 Å². The van der Waals surface area contributed by atoms with Crippen LogP contribution in [0.4, 0.5) is 0 Å². The van der Waals surface area contributed by atoms with Gasteiger partial charge in [-0.2, -0.15) is 0 Å². The Balaban J connectivity index is 0.000000149. The van der Waals surface area contributed by atoms with Crippen LogP contribution in [0.3, 0.4) is 0 Å². The molecule has 6 heterocycles. The Hall–Kier alpha value is -7.91. The Morgan fingerprint density at radius 3 is 0.706 bits per heavy atom. The molecule has 0 atom stereocenters. The van der Waals surface area contributed by atoms with E-state index in [0.717, 1.165) is 65.4 Å². The molecule has 0 amide bonds. The van der Waals surface area contributed by atoms with E-state index in [1.165, 1.54) is 0 Å². The molecule has 0 radical (unpaired) electrons. The summed E-state index contributed by atoms with van der Waals surface area (Å²) >= 11 is -7.21. The van der Waals surface area contributed by atoms with Crippen molar-refractivity contribution >= 4 is 105 Å². The van der Waals surface area contributed by atoms with Gasteiger partial charge in [0.15, 0.2) is 0 Å². The first-order valence-corrected chi connectivity index (χ1v) is 28.7. The van der Waals surface area contributed by atoms with Gasteiger partial charge >= 0.3 is 408 Å². The quantitative estimate of drug-likeness (QED) is 0.108. The molecular weight excluding hydrogens is 1010 g/mol. The molecule has 0 N–H and O–H groups in total. The fraction of sp³-hybridized carbons (Fsp3) is 0. The molecule has 68 heavy (non-hydrogen) atoms. The third-order valence-electron chi connectivity index (χ3n) is 10.9. The van der Waals surface area contributed by atoms with Gasteiger partial charge in [0.1, 0.15) is 0 Å². The monoisotopic (exact) mass is 1050 g/mol. The third-order valence-corrected chi connectivity index (χ3v) is 17.5. The topological polar surface area (TPSA) is 133 Å². The summed E-state index contributed by atoms with van der Waals surface area (Å²) in [5, 5.41) is 5.93. The standard InChI is InChI=1S/6C9H7NO.Ga.In/c6*11-8-5-1-3-7-4-2-6-10-9(7)8;;/h6*1-6,11H;;/q;;;;;;2*+3/p-6. The molecule has 14 heteroatoms. The van der Waals surface area contributed by atoms with Gasteiger partial charge in [-0.05, 0) is 0 Å². The number of hydrogen-bond acceptors (Lipinski definition) is 12. The number of fused-ring (bicyclic) bond motifs is 6. The van der Waals surface area contributed by atoms with Crippen molar-refractivity contribution in [1.82, 2.24) is 29.9 Å². The molecule has 12 aromatic rings. The second kappa shape index (κ2) is 19.9. The first-order valence-electron chi connectivity index (χ1n) is 21.7. The molecular formula is C54H36GaInN6O6. The number of para-hydroxylation sites is 6. The Bertz CT molecular complexity index is 3080. The molecule has 0 bridgehead atoms. The number of hydrogen-bond donors (Lipinski definition) is 0. The summed E-state index contributed by atoms with van der Waals surface area (Å²) in [5.41, 5.74) is 4.60. The van der Waals surface area contributed by atoms with Gasteiger partial charge in [0.2, 0.25) is 0 Å². The Kier molecular flexibility index (Phi) is 12.5. The van der Waals surface area contributed by atoms with Gasteiger partial charge in [0, 0.05) is 0 Å². The summed E-state index contributed by atoms with van der Waals surface area (Å²) in [7, 11) is 0. The van der Waals surface area contributed by atoms with Crippen molar-refractivity contribution in [3.63, 3.8) is 0 Å². The van der Waals surface area contributed by atoms with Crippen molar-refractivity contribution in [3.05, 3.63) is 219 Å². The molecule has 0 aliphatic rings. The van der Waals surface area contributed by atoms with Gasteiger partial charge in [-0.15, -0.1) is 0 Å². The normalized spacial score (nSPS) is 10.9. The molecule has 0 fully saturated rings. The van der Waals surface area contributed by atoms with Crippen molar-refractivity contribution in [2.75, 3.05) is 0 Å². The van der Waals surface area contributed by atoms with Crippen LogP contribution in [0.25, 0.3) is 65.4 Å². The van der Waals surface area contributed by atoms with Crippen LogP contribution in [0.2, 0.25) is 0 Å². The zero-order valence-electron chi connectivity index (χ0n) is 36.1. The first-order chi connectivity index (χ1) is 33.7. The van der Waals surface area contributed by atoms with Crippen LogP contribution in [0.15, 0.2) is 219 Å². The van der Waals surface area contributed by atoms with Crippen molar-refractivity contribution in [2.24, 2.45) is 0 Å². The Morgan fingerprint density at radius 1 is 0.250 bits per heavy atom. The molecule has 0 saturated carbocycles. The molecule has 6 aromatic heterocycles. The summed E-state index contributed by atoms with van der Waals surface area (Å²) < 4.78 is 38.8. The first kappa shape index (κ1) is 42.7. The molecule has 12 rings (SSSR count). The fourth-order valence-corrected chi connectivity index (χ4v) is 14.4. The number of aromatic nitrogens is 6. The summed E-state index contributed by atoms with van der Waals surface area (Å²) in [6.45, 7) is 0. The van der Waals surface area contributed by atoms with Crippen LogP contribution in [0.1, 0.15) is 0 Å². The van der Waals surface area contributed by atoms with Crippen molar-refractivity contribution in [3.8, 4) is 34.5 Å². The zero-order chi connectivity index (χ0) is 45.5. The van der Waals surface area contributed by atoms with E-state index >= 15 is 0 Å². The predicted molar refractivity (Wildman–Crippen MR) is 266 cm³/mol. The van der Waals surface area contributed by atoms with Crippen molar-refractivity contribution in [1.29, 1.82) is 0 Å². The molecule has 0 aliphatic heterocycles. The molecule has 324 valence electrons. The van der Waals surface area contributed by atoms with Gasteiger partial charge in [0.25, 0.3) is 0 Å². The van der Waals surface area contributed by atoms with E-state index in [2.05, 4.69) is 29.9 Å². The number of benzene rings is 6. The maximum absolute atomic E-state index is 6.48. The molecule has 0 spiro atoms. The van der Waals surface area contributed by atoms with Crippen LogP contribution in [-0.4, -0.2) is 70.0 Å². The minimum absolute atomic E-state index is 0.629. The van der Waals surface area contributed by atoms with E-state index in [-0.39, 0.29) is 0 Å². The Labute approximate surface area is 405 Å². The average Bonchev–Trinajstić information content (AvgIpc) is 3.39. The predicted octanol–water partition coefficient (Wildman–Crippen LogP) is 11.7. The van der Waals surface area contributed by atoms with Gasteiger partial charge in [-0.25, -0.2) is 0 Å². The van der Waals surface area contributed by atoms with Crippen molar-refractivity contribution in [2.45, 2.75) is 0 Å². The van der Waals surface area contributed by atoms with E-state index in [9.17, 15) is 0 Å². The summed E-state index contributed by atoms with van der Waals surface area (Å²) in [4.78, 5) is 27.1. The summed E-state index contributed by atoms with van der Waals surface area (Å²) in [6, 6.07) is 58.5. The third kappa shape index (κ3) is 9.38. The van der Waals surface area contributed by atoms with Crippen LogP contribution in [0, 0.1) is 0 Å². The second-order valence-electron chi connectivity index (χ2n) is 15.3. The number of nitrogens with zero attached hydrogens (tertiary/aromatic N) is 6.